The summed E-state index contributed by atoms with van der Waals surface area (Å²) >= 11 is 1.86. The lowest BCUT2D eigenvalue weighted by Gasteiger charge is -2.28. The van der Waals surface area contributed by atoms with E-state index < -0.39 is 16.1 Å². The Bertz CT molecular complexity index is 532. The van der Waals surface area contributed by atoms with E-state index in [2.05, 4.69) is 0 Å². The summed E-state index contributed by atoms with van der Waals surface area (Å²) in [5.74, 6) is -1.20. The van der Waals surface area contributed by atoms with E-state index >= 15 is 0 Å². The zero-order chi connectivity index (χ0) is 16.8. The van der Waals surface area contributed by atoms with Gasteiger partial charge in [0.1, 0.15) is 5.75 Å². The van der Waals surface area contributed by atoms with Gasteiger partial charge in [-0.1, -0.05) is 46.9 Å². The Hall–Kier alpha value is -1.25. The first-order valence-corrected chi connectivity index (χ1v) is 7.80. The van der Waals surface area contributed by atoms with Crippen molar-refractivity contribution in [2.45, 2.75) is 23.6 Å². The highest BCUT2D eigenvalue weighted by Crippen LogP contribution is 2.25. The fraction of sp³-hybridized carbons (Fsp3) is 0.400. The van der Waals surface area contributed by atoms with E-state index in [4.69, 9.17) is 4.74 Å². The van der Waals surface area contributed by atoms with Crippen LogP contribution in [0.3, 0.4) is 0 Å². The summed E-state index contributed by atoms with van der Waals surface area (Å²) in [4.78, 5) is 12.4. The molecule has 0 spiro atoms. The Balaban J connectivity index is 2.91. The van der Waals surface area contributed by atoms with Crippen LogP contribution in [0.25, 0.3) is 0 Å². The number of carbonyl (C=O) groups is 1. The van der Waals surface area contributed by atoms with Crippen molar-refractivity contribution in [3.05, 3.63) is 42.0 Å². The second-order valence-corrected chi connectivity index (χ2v) is 5.95. The molecule has 0 aliphatic rings. The summed E-state index contributed by atoms with van der Waals surface area (Å²) in [6.45, 7) is 1.62. The van der Waals surface area contributed by atoms with E-state index in [-0.39, 0.29) is 6.54 Å². The van der Waals surface area contributed by atoms with Crippen LogP contribution in [0.2, 0.25) is 0 Å². The van der Waals surface area contributed by atoms with Gasteiger partial charge < -0.3 is 9.64 Å². The third-order valence-electron chi connectivity index (χ3n) is 2.92. The maximum absolute atomic E-state index is 12.7. The van der Waals surface area contributed by atoms with Crippen LogP contribution in [0.15, 0.2) is 36.4 Å². The zero-order valence-corrected chi connectivity index (χ0v) is 14.4. The lowest BCUT2D eigenvalue weighted by Crippen LogP contribution is -2.45. The Morgan fingerprint density at radius 3 is 2.68 bits per heavy atom. The molecule has 7 heteroatoms. The van der Waals surface area contributed by atoms with Crippen LogP contribution in [-0.4, -0.2) is 34.7 Å². The number of ether oxygens (including phenoxy) is 1. The summed E-state index contributed by atoms with van der Waals surface area (Å²) < 4.78 is 42.6. The highest BCUT2D eigenvalue weighted by molar-refractivity contribution is 14.1. The van der Waals surface area contributed by atoms with Gasteiger partial charge in [-0.3, -0.25) is 4.79 Å². The average Bonchev–Trinajstić information content (AvgIpc) is 2.46. The number of halogens is 4. The molecular weight excluding hydrogens is 410 g/mol. The Labute approximate surface area is 141 Å². The normalized spacial score (nSPS) is 13.2. The van der Waals surface area contributed by atoms with Gasteiger partial charge in [-0.15, -0.1) is 0 Å². The molecule has 0 N–H and O–H groups in total. The molecule has 0 saturated carbocycles. The molecule has 122 valence electrons. The molecule has 1 aromatic rings. The van der Waals surface area contributed by atoms with Crippen molar-refractivity contribution in [2.75, 3.05) is 13.7 Å². The van der Waals surface area contributed by atoms with Crippen molar-refractivity contribution >= 4 is 28.5 Å². The molecule has 0 aliphatic heterocycles. The van der Waals surface area contributed by atoms with E-state index in [1.807, 2.05) is 22.6 Å². The van der Waals surface area contributed by atoms with Crippen LogP contribution >= 0.6 is 22.6 Å². The predicted molar refractivity (Wildman–Crippen MR) is 87.1 cm³/mol. The minimum absolute atomic E-state index is 0.0770. The number of allylic oxidation sites excluding steroid dienone is 1. The lowest BCUT2D eigenvalue weighted by atomic mass is 10.1. The highest BCUT2D eigenvalue weighted by atomic mass is 127. The van der Waals surface area contributed by atoms with E-state index in [1.165, 1.54) is 13.2 Å². The number of amides is 1. The standard InChI is InChI=1S/C15H17F3INO2/c1-3-4-8-20(14(21)15(16,17)18)13(19)10-11-6-5-7-12(9-11)22-2/h3-7,9,13H,8,10H2,1-2H3/b4-3+. The Morgan fingerprint density at radius 2 is 2.14 bits per heavy atom. The molecule has 1 unspecified atom stereocenters. The van der Waals surface area contributed by atoms with Crippen LogP contribution in [0.1, 0.15) is 12.5 Å². The summed E-state index contributed by atoms with van der Waals surface area (Å²) in [7, 11) is 1.52. The number of hydrogen-bond donors (Lipinski definition) is 0. The smallest absolute Gasteiger partial charge is 0.471 e. The van der Waals surface area contributed by atoms with Crippen LogP contribution in [0.4, 0.5) is 13.2 Å². The number of carbonyl (C=O) groups excluding carboxylic acids is 1. The number of hydrogen-bond acceptors (Lipinski definition) is 2. The zero-order valence-electron chi connectivity index (χ0n) is 12.2. The van der Waals surface area contributed by atoms with Crippen molar-refractivity contribution in [1.82, 2.24) is 4.90 Å². The molecule has 0 aliphatic carbocycles. The molecule has 0 fully saturated rings. The van der Waals surface area contributed by atoms with Gasteiger partial charge in [0.25, 0.3) is 0 Å². The van der Waals surface area contributed by atoms with Gasteiger partial charge in [-0.2, -0.15) is 13.2 Å². The maximum Gasteiger partial charge on any atom is 0.471 e. The number of alkyl halides is 4. The van der Waals surface area contributed by atoms with Crippen LogP contribution in [0, 0.1) is 0 Å². The van der Waals surface area contributed by atoms with E-state index in [0.29, 0.717) is 12.2 Å². The van der Waals surface area contributed by atoms with Crippen molar-refractivity contribution in [3.63, 3.8) is 0 Å². The topological polar surface area (TPSA) is 29.5 Å². The molecule has 0 radical (unpaired) electrons. The summed E-state index contributed by atoms with van der Waals surface area (Å²) in [5, 5.41) is 0. The Kier molecular flexibility index (Phi) is 7.18. The van der Waals surface area contributed by atoms with Crippen LogP contribution in [-0.2, 0) is 11.2 Å². The van der Waals surface area contributed by atoms with Gasteiger partial charge >= 0.3 is 12.1 Å². The third kappa shape index (κ3) is 5.51. The SMILES string of the molecule is C/C=C/CN(C(=O)C(F)(F)F)C(I)Cc1cccc(OC)c1. The molecule has 0 heterocycles. The highest BCUT2D eigenvalue weighted by Gasteiger charge is 2.43. The summed E-state index contributed by atoms with van der Waals surface area (Å²) in [6, 6.07) is 7.06. The molecule has 0 saturated heterocycles. The predicted octanol–water partition coefficient (Wildman–Crippen LogP) is 3.97. The molecular formula is C15H17F3INO2. The lowest BCUT2D eigenvalue weighted by molar-refractivity contribution is -0.185. The minimum atomic E-state index is -4.88. The molecule has 22 heavy (non-hydrogen) atoms. The Morgan fingerprint density at radius 1 is 1.45 bits per heavy atom. The van der Waals surface area contributed by atoms with E-state index in [1.54, 1.807) is 37.3 Å². The number of benzene rings is 1. The van der Waals surface area contributed by atoms with Gasteiger partial charge in [0, 0.05) is 13.0 Å². The monoisotopic (exact) mass is 427 g/mol. The molecule has 0 aromatic heterocycles. The molecule has 1 amide bonds. The number of nitrogens with zero attached hydrogens (tertiary/aromatic N) is 1. The summed E-state index contributed by atoms with van der Waals surface area (Å²) in [5.41, 5.74) is 0.805. The number of rotatable bonds is 6. The summed E-state index contributed by atoms with van der Waals surface area (Å²) in [6.07, 6.45) is -1.43. The van der Waals surface area contributed by atoms with Gasteiger partial charge in [0.2, 0.25) is 0 Å². The van der Waals surface area contributed by atoms with Gasteiger partial charge in [0.05, 0.1) is 11.2 Å². The fourth-order valence-electron chi connectivity index (χ4n) is 1.81. The van der Waals surface area contributed by atoms with Gasteiger partial charge in [0.15, 0.2) is 0 Å². The molecule has 1 atom stereocenters. The molecule has 0 bridgehead atoms. The fourth-order valence-corrected chi connectivity index (χ4v) is 2.80. The first-order chi connectivity index (χ1) is 10.3. The van der Waals surface area contributed by atoms with Crippen molar-refractivity contribution in [3.8, 4) is 5.75 Å². The first kappa shape index (κ1) is 18.8. The van der Waals surface area contributed by atoms with Crippen molar-refractivity contribution in [1.29, 1.82) is 0 Å². The first-order valence-electron chi connectivity index (χ1n) is 6.55. The second-order valence-electron chi connectivity index (χ2n) is 4.51. The van der Waals surface area contributed by atoms with E-state index in [0.717, 1.165) is 10.5 Å². The molecule has 3 nitrogen and oxygen atoms in total. The maximum atomic E-state index is 12.7. The second kappa shape index (κ2) is 8.40. The van der Waals surface area contributed by atoms with Gasteiger partial charge in [-0.05, 0) is 24.6 Å². The largest absolute Gasteiger partial charge is 0.497 e. The average molecular weight is 427 g/mol. The van der Waals surface area contributed by atoms with Crippen LogP contribution < -0.4 is 4.74 Å². The van der Waals surface area contributed by atoms with Crippen molar-refractivity contribution in [2.24, 2.45) is 0 Å². The molecule has 1 rings (SSSR count). The minimum Gasteiger partial charge on any atom is -0.497 e. The third-order valence-corrected chi connectivity index (χ3v) is 4.03. The van der Waals surface area contributed by atoms with Gasteiger partial charge in [-0.25, -0.2) is 0 Å². The quantitative estimate of drug-likeness (QED) is 0.298. The van der Waals surface area contributed by atoms with E-state index in [9.17, 15) is 18.0 Å². The molecule has 1 aromatic carbocycles. The van der Waals surface area contributed by atoms with Crippen molar-refractivity contribution < 1.29 is 22.7 Å². The van der Waals surface area contributed by atoms with Crippen LogP contribution in [0.5, 0.6) is 5.75 Å². The number of methoxy groups -OCH3 is 1.